The smallest absolute Gasteiger partial charge is 0.390 e. The fraction of sp³-hybridized carbons (Fsp3) is 0.364. The van der Waals surface area contributed by atoms with Crippen molar-refractivity contribution in [3.8, 4) is 0 Å². The number of primary amides is 1. The molecule has 0 aliphatic carbocycles. The quantitative estimate of drug-likeness (QED) is 0.550. The molecule has 0 spiro atoms. The third-order valence-electron chi connectivity index (χ3n) is 2.65. The van der Waals surface area contributed by atoms with Crippen LogP contribution in [0.3, 0.4) is 0 Å². The number of carbonyl (C=O) groups is 1. The third-order valence-corrected chi connectivity index (χ3v) is 2.65. The average Bonchev–Trinajstić information content (AvgIpc) is 2.35. The van der Waals surface area contributed by atoms with E-state index in [9.17, 15) is 38.3 Å². The Labute approximate surface area is 115 Å². The number of nitrogens with two attached hydrogens (primary N) is 1. The van der Waals surface area contributed by atoms with Gasteiger partial charge in [-0.2, -0.15) is 13.2 Å². The lowest BCUT2D eigenvalue weighted by molar-refractivity contribution is -0.386. The van der Waals surface area contributed by atoms with E-state index in [1.54, 1.807) is 0 Å². The molecule has 0 aliphatic rings. The molecule has 0 fully saturated rings. The fourth-order valence-electron chi connectivity index (χ4n) is 1.65. The first kappa shape index (κ1) is 16.9. The Kier molecular flexibility index (Phi) is 4.86. The van der Waals surface area contributed by atoms with Gasteiger partial charge in [0.05, 0.1) is 28.6 Å². The highest BCUT2D eigenvalue weighted by molar-refractivity contribution is 5.74. The summed E-state index contributed by atoms with van der Waals surface area (Å²) in [6.07, 6.45) is -9.17. The number of aliphatic hydroxyl groups is 2. The van der Waals surface area contributed by atoms with Crippen LogP contribution in [-0.2, 0) is 11.0 Å². The Bertz CT molecular complexity index is 561. The minimum Gasteiger partial charge on any atom is -0.390 e. The van der Waals surface area contributed by atoms with Crippen LogP contribution in [-0.4, -0.2) is 27.1 Å². The normalized spacial score (nSPS) is 14.5. The predicted molar refractivity (Wildman–Crippen MR) is 62.9 cm³/mol. The van der Waals surface area contributed by atoms with Gasteiger partial charge >= 0.3 is 6.18 Å². The Balaban J connectivity index is 3.24. The minimum absolute atomic E-state index is 0.246. The summed E-state index contributed by atoms with van der Waals surface area (Å²) in [6.45, 7) is 0. The number of nitro groups is 1. The number of alkyl halides is 3. The van der Waals surface area contributed by atoms with Gasteiger partial charge in [0.2, 0.25) is 5.91 Å². The van der Waals surface area contributed by atoms with Crippen LogP contribution < -0.4 is 5.73 Å². The first-order chi connectivity index (χ1) is 9.54. The number of benzene rings is 1. The van der Waals surface area contributed by atoms with Crippen LogP contribution in [0.4, 0.5) is 18.9 Å². The standard InChI is InChI=1S/C11H11F3N2O5/c12-11(13,14)5-1-2-6(7(3-5)16(20)21)10(19)8(17)4-9(15)18/h1-3,8,10,17,19H,4H2,(H2,15,18). The van der Waals surface area contributed by atoms with Crippen molar-refractivity contribution in [1.29, 1.82) is 0 Å². The van der Waals surface area contributed by atoms with Crippen molar-refractivity contribution in [2.75, 3.05) is 0 Å². The summed E-state index contributed by atoms with van der Waals surface area (Å²) in [4.78, 5) is 20.3. The Morgan fingerprint density at radius 3 is 2.38 bits per heavy atom. The summed E-state index contributed by atoms with van der Waals surface area (Å²) in [5.74, 6) is -0.976. The number of halogens is 3. The molecule has 0 bridgehead atoms. The SMILES string of the molecule is NC(=O)CC(O)C(O)c1ccc(C(F)(F)F)cc1[N+](=O)[O-]. The van der Waals surface area contributed by atoms with Crippen molar-refractivity contribution >= 4 is 11.6 Å². The molecule has 2 unspecified atom stereocenters. The van der Waals surface area contributed by atoms with E-state index < -0.39 is 52.4 Å². The molecule has 0 saturated carbocycles. The van der Waals surface area contributed by atoms with Crippen molar-refractivity contribution in [3.63, 3.8) is 0 Å². The van der Waals surface area contributed by atoms with Gasteiger partial charge < -0.3 is 15.9 Å². The van der Waals surface area contributed by atoms with E-state index in [0.29, 0.717) is 12.1 Å². The monoisotopic (exact) mass is 308 g/mol. The molecule has 1 amide bonds. The zero-order chi connectivity index (χ0) is 16.4. The molecule has 116 valence electrons. The predicted octanol–water partition coefficient (Wildman–Crippen LogP) is 0.883. The van der Waals surface area contributed by atoms with E-state index in [1.807, 2.05) is 0 Å². The van der Waals surface area contributed by atoms with Crippen molar-refractivity contribution in [3.05, 3.63) is 39.4 Å². The van der Waals surface area contributed by atoms with Crippen molar-refractivity contribution in [2.45, 2.75) is 24.8 Å². The molecular formula is C11H11F3N2O5. The minimum atomic E-state index is -4.79. The van der Waals surface area contributed by atoms with E-state index in [2.05, 4.69) is 0 Å². The second-order valence-electron chi connectivity index (χ2n) is 4.21. The fourth-order valence-corrected chi connectivity index (χ4v) is 1.65. The lowest BCUT2D eigenvalue weighted by atomic mass is 9.98. The Morgan fingerprint density at radius 2 is 1.95 bits per heavy atom. The lowest BCUT2D eigenvalue weighted by Crippen LogP contribution is -2.26. The molecule has 21 heavy (non-hydrogen) atoms. The Hall–Kier alpha value is -2.20. The number of nitro benzene ring substituents is 1. The van der Waals surface area contributed by atoms with Gasteiger partial charge in [0.25, 0.3) is 5.69 Å². The van der Waals surface area contributed by atoms with E-state index in [0.717, 1.165) is 0 Å². The second-order valence-corrected chi connectivity index (χ2v) is 4.21. The van der Waals surface area contributed by atoms with Crippen LogP contribution in [0, 0.1) is 10.1 Å². The molecule has 2 atom stereocenters. The molecule has 7 nitrogen and oxygen atoms in total. The number of rotatable bonds is 5. The van der Waals surface area contributed by atoms with Crippen LogP contribution in [0.25, 0.3) is 0 Å². The topological polar surface area (TPSA) is 127 Å². The van der Waals surface area contributed by atoms with Crippen LogP contribution in [0.5, 0.6) is 0 Å². The van der Waals surface area contributed by atoms with Gasteiger partial charge in [0.15, 0.2) is 0 Å². The largest absolute Gasteiger partial charge is 0.416 e. The van der Waals surface area contributed by atoms with E-state index in [4.69, 9.17) is 5.73 Å². The van der Waals surface area contributed by atoms with Gasteiger partial charge in [0.1, 0.15) is 6.10 Å². The van der Waals surface area contributed by atoms with Crippen LogP contribution in [0.2, 0.25) is 0 Å². The maximum Gasteiger partial charge on any atom is 0.416 e. The molecule has 0 radical (unpaired) electrons. The summed E-state index contributed by atoms with van der Waals surface area (Å²) in [5, 5.41) is 30.0. The molecular weight excluding hydrogens is 297 g/mol. The summed E-state index contributed by atoms with van der Waals surface area (Å²) in [5.41, 5.74) is 1.97. The molecule has 1 aromatic rings. The highest BCUT2D eigenvalue weighted by Crippen LogP contribution is 2.35. The van der Waals surface area contributed by atoms with Crippen molar-refractivity contribution in [2.24, 2.45) is 5.73 Å². The van der Waals surface area contributed by atoms with Gasteiger partial charge in [-0.1, -0.05) is 0 Å². The summed E-state index contributed by atoms with van der Waals surface area (Å²) in [6, 6.07) is 1.45. The summed E-state index contributed by atoms with van der Waals surface area (Å²) in [7, 11) is 0. The molecule has 0 aliphatic heterocycles. The summed E-state index contributed by atoms with van der Waals surface area (Å²) >= 11 is 0. The molecule has 1 aromatic carbocycles. The second kappa shape index (κ2) is 6.06. The van der Waals surface area contributed by atoms with Gasteiger partial charge in [-0.05, 0) is 12.1 Å². The zero-order valence-corrected chi connectivity index (χ0v) is 10.4. The average molecular weight is 308 g/mol. The number of carbonyl (C=O) groups excluding carboxylic acids is 1. The van der Waals surface area contributed by atoms with Crippen molar-refractivity contribution in [1.82, 2.24) is 0 Å². The van der Waals surface area contributed by atoms with Crippen LogP contribution >= 0.6 is 0 Å². The van der Waals surface area contributed by atoms with Crippen LogP contribution in [0.1, 0.15) is 23.7 Å². The summed E-state index contributed by atoms with van der Waals surface area (Å²) < 4.78 is 37.5. The van der Waals surface area contributed by atoms with Crippen molar-refractivity contribution < 1.29 is 33.1 Å². The lowest BCUT2D eigenvalue weighted by Gasteiger charge is -2.17. The maximum absolute atomic E-state index is 12.5. The molecule has 0 aromatic heterocycles. The van der Waals surface area contributed by atoms with E-state index in [1.165, 1.54) is 0 Å². The van der Waals surface area contributed by atoms with E-state index in [-0.39, 0.29) is 6.07 Å². The molecule has 0 heterocycles. The number of nitrogens with zero attached hydrogens (tertiary/aromatic N) is 1. The first-order valence-corrected chi connectivity index (χ1v) is 5.54. The van der Waals surface area contributed by atoms with E-state index >= 15 is 0 Å². The third kappa shape index (κ3) is 4.13. The molecule has 1 rings (SSSR count). The molecule has 0 saturated heterocycles. The van der Waals surface area contributed by atoms with Crippen LogP contribution in [0.15, 0.2) is 18.2 Å². The first-order valence-electron chi connectivity index (χ1n) is 5.54. The number of aliphatic hydroxyl groups excluding tert-OH is 2. The zero-order valence-electron chi connectivity index (χ0n) is 10.4. The number of hydrogen-bond donors (Lipinski definition) is 3. The number of hydrogen-bond acceptors (Lipinski definition) is 5. The number of amides is 1. The highest BCUT2D eigenvalue weighted by Gasteiger charge is 2.35. The molecule has 10 heteroatoms. The van der Waals surface area contributed by atoms with Gasteiger partial charge in [-0.3, -0.25) is 14.9 Å². The van der Waals surface area contributed by atoms with Gasteiger partial charge in [-0.25, -0.2) is 0 Å². The van der Waals surface area contributed by atoms with Gasteiger partial charge in [-0.15, -0.1) is 0 Å². The molecule has 4 N–H and O–H groups in total. The highest BCUT2D eigenvalue weighted by atomic mass is 19.4. The van der Waals surface area contributed by atoms with Gasteiger partial charge in [0, 0.05) is 6.07 Å². The maximum atomic E-state index is 12.5. The Morgan fingerprint density at radius 1 is 1.38 bits per heavy atom.